The van der Waals surface area contributed by atoms with Crippen LogP contribution < -0.4 is 10.4 Å². The van der Waals surface area contributed by atoms with Gasteiger partial charge in [-0.1, -0.05) is 62.4 Å². The summed E-state index contributed by atoms with van der Waals surface area (Å²) in [5, 5.41) is 14.1. The molecule has 1 aliphatic rings. The third-order valence-electron chi connectivity index (χ3n) is 4.15. The van der Waals surface area contributed by atoms with Gasteiger partial charge in [0.25, 0.3) is 0 Å². The Kier molecular flexibility index (Phi) is 5.81. The lowest BCUT2D eigenvalue weighted by Gasteiger charge is -2.36. The lowest BCUT2D eigenvalue weighted by molar-refractivity contribution is -0.315. The molecule has 0 atom stereocenters. The lowest BCUT2D eigenvalue weighted by Crippen LogP contribution is -2.60. The molecule has 0 bridgehead atoms. The molecular formula is C17H22NO4-. The zero-order chi connectivity index (χ0) is 15.8. The van der Waals surface area contributed by atoms with E-state index in [0.717, 1.165) is 37.7 Å². The molecule has 120 valence electrons. The van der Waals surface area contributed by atoms with Crippen LogP contribution in [-0.2, 0) is 16.1 Å². The van der Waals surface area contributed by atoms with Crippen LogP contribution in [0, 0.1) is 0 Å². The number of rotatable bonds is 4. The Morgan fingerprint density at radius 1 is 1.05 bits per heavy atom. The number of carbonyl (C=O) groups excluding carboxylic acids is 2. The highest BCUT2D eigenvalue weighted by Gasteiger charge is 2.34. The summed E-state index contributed by atoms with van der Waals surface area (Å²) < 4.78 is 5.14. The molecule has 22 heavy (non-hydrogen) atoms. The molecule has 0 spiro atoms. The highest BCUT2D eigenvalue weighted by atomic mass is 16.5. The number of carboxylic acids is 1. The molecule has 1 aliphatic carbocycles. The summed E-state index contributed by atoms with van der Waals surface area (Å²) in [6.45, 7) is 0.121. The molecular weight excluding hydrogens is 282 g/mol. The van der Waals surface area contributed by atoms with Gasteiger partial charge in [-0.15, -0.1) is 0 Å². The van der Waals surface area contributed by atoms with Crippen LogP contribution >= 0.6 is 0 Å². The van der Waals surface area contributed by atoms with Crippen molar-refractivity contribution in [1.29, 1.82) is 0 Å². The number of alkyl carbamates (subject to hydrolysis) is 1. The summed E-state index contributed by atoms with van der Waals surface area (Å²) in [4.78, 5) is 23.5. The Labute approximate surface area is 130 Å². The molecule has 0 aliphatic heterocycles. The zero-order valence-corrected chi connectivity index (χ0v) is 12.7. The number of amides is 1. The third kappa shape index (κ3) is 4.48. The maximum absolute atomic E-state index is 12.0. The van der Waals surface area contributed by atoms with Gasteiger partial charge in [0.05, 0.1) is 11.5 Å². The van der Waals surface area contributed by atoms with Gasteiger partial charge in [-0.05, 0) is 18.4 Å². The second kappa shape index (κ2) is 7.82. The Hall–Kier alpha value is -2.04. The van der Waals surface area contributed by atoms with Gasteiger partial charge < -0.3 is 20.0 Å². The topological polar surface area (TPSA) is 78.5 Å². The smallest absolute Gasteiger partial charge is 0.408 e. The Morgan fingerprint density at radius 2 is 1.64 bits per heavy atom. The minimum absolute atomic E-state index is 0.121. The highest BCUT2D eigenvalue weighted by molar-refractivity contribution is 5.82. The van der Waals surface area contributed by atoms with E-state index in [1.54, 1.807) is 0 Å². The van der Waals surface area contributed by atoms with Crippen LogP contribution in [0.3, 0.4) is 0 Å². The first-order valence-corrected chi connectivity index (χ1v) is 7.83. The standard InChI is InChI=1S/C17H23NO4/c19-15(20)17(11-7-2-1-3-8-12-17)18-16(21)22-13-14-9-5-4-6-10-14/h4-6,9-10H,1-3,7-8,11-13H2,(H,18,21)(H,19,20)/p-1. The molecule has 0 aromatic heterocycles. The van der Waals surface area contributed by atoms with Crippen molar-refractivity contribution in [3.8, 4) is 0 Å². The maximum atomic E-state index is 12.0. The SMILES string of the molecule is O=C(NC1(C(=O)[O-])CCCCCCC1)OCc1ccccc1. The van der Waals surface area contributed by atoms with Crippen molar-refractivity contribution in [2.24, 2.45) is 0 Å². The first kappa shape index (κ1) is 16.3. The summed E-state index contributed by atoms with van der Waals surface area (Å²) in [6, 6.07) is 9.28. The molecule has 1 fully saturated rings. The molecule has 1 N–H and O–H groups in total. The van der Waals surface area contributed by atoms with E-state index < -0.39 is 17.6 Å². The second-order valence-electron chi connectivity index (χ2n) is 5.82. The normalized spacial score (nSPS) is 17.8. The van der Waals surface area contributed by atoms with Crippen LogP contribution in [0.5, 0.6) is 0 Å². The molecule has 1 aromatic carbocycles. The first-order chi connectivity index (χ1) is 10.6. The number of benzene rings is 1. The molecule has 1 aromatic rings. The van der Waals surface area contributed by atoms with Crippen molar-refractivity contribution in [2.75, 3.05) is 0 Å². The van der Waals surface area contributed by atoms with Crippen LogP contribution in [0.1, 0.15) is 50.5 Å². The first-order valence-electron chi connectivity index (χ1n) is 7.83. The molecule has 0 heterocycles. The van der Waals surface area contributed by atoms with Gasteiger partial charge in [-0.25, -0.2) is 4.79 Å². The van der Waals surface area contributed by atoms with Crippen molar-refractivity contribution in [1.82, 2.24) is 5.32 Å². The number of hydrogen-bond acceptors (Lipinski definition) is 4. The van der Waals surface area contributed by atoms with E-state index in [-0.39, 0.29) is 6.61 Å². The van der Waals surface area contributed by atoms with Gasteiger partial charge in [-0.2, -0.15) is 0 Å². The van der Waals surface area contributed by atoms with Crippen LogP contribution in [0.15, 0.2) is 30.3 Å². The zero-order valence-electron chi connectivity index (χ0n) is 12.7. The van der Waals surface area contributed by atoms with Crippen LogP contribution in [0.25, 0.3) is 0 Å². The van der Waals surface area contributed by atoms with Gasteiger partial charge in [0, 0.05) is 0 Å². The Balaban J connectivity index is 1.94. The predicted molar refractivity (Wildman–Crippen MR) is 79.8 cm³/mol. The molecule has 2 rings (SSSR count). The number of carbonyl (C=O) groups is 2. The summed E-state index contributed by atoms with van der Waals surface area (Å²) in [5.74, 6) is -1.22. The van der Waals surface area contributed by atoms with Crippen LogP contribution in [0.2, 0.25) is 0 Å². The predicted octanol–water partition coefficient (Wildman–Crippen LogP) is 2.15. The van der Waals surface area contributed by atoms with E-state index in [1.807, 2.05) is 30.3 Å². The fourth-order valence-electron chi connectivity index (χ4n) is 2.84. The minimum atomic E-state index is -1.30. The Morgan fingerprint density at radius 3 is 2.23 bits per heavy atom. The van der Waals surface area contributed by atoms with E-state index in [2.05, 4.69) is 5.32 Å². The van der Waals surface area contributed by atoms with Crippen molar-refractivity contribution in [2.45, 2.75) is 57.1 Å². The van der Waals surface area contributed by atoms with Gasteiger partial charge >= 0.3 is 6.09 Å². The third-order valence-corrected chi connectivity index (χ3v) is 4.15. The van der Waals surface area contributed by atoms with E-state index in [4.69, 9.17) is 4.74 Å². The van der Waals surface area contributed by atoms with Crippen molar-refractivity contribution in [3.63, 3.8) is 0 Å². The van der Waals surface area contributed by atoms with Gasteiger partial charge in [-0.3, -0.25) is 0 Å². The van der Waals surface area contributed by atoms with Crippen molar-refractivity contribution in [3.05, 3.63) is 35.9 Å². The fourth-order valence-corrected chi connectivity index (χ4v) is 2.84. The monoisotopic (exact) mass is 304 g/mol. The molecule has 1 saturated carbocycles. The molecule has 5 heteroatoms. The van der Waals surface area contributed by atoms with Crippen molar-refractivity contribution < 1.29 is 19.4 Å². The summed E-state index contributed by atoms with van der Waals surface area (Å²) >= 11 is 0. The van der Waals surface area contributed by atoms with E-state index >= 15 is 0 Å². The number of nitrogens with one attached hydrogen (secondary N) is 1. The average Bonchev–Trinajstić information content (AvgIpc) is 2.49. The number of hydrogen-bond donors (Lipinski definition) is 1. The molecule has 0 unspecified atom stereocenters. The number of carboxylic acid groups (broad SMARTS) is 1. The van der Waals surface area contributed by atoms with Gasteiger partial charge in [0.15, 0.2) is 0 Å². The summed E-state index contributed by atoms with van der Waals surface area (Å²) in [5.41, 5.74) is -0.438. The molecule has 5 nitrogen and oxygen atoms in total. The fraction of sp³-hybridized carbons (Fsp3) is 0.529. The number of ether oxygens (including phenoxy) is 1. The molecule has 0 radical (unpaired) electrons. The lowest BCUT2D eigenvalue weighted by atomic mass is 9.84. The summed E-state index contributed by atoms with van der Waals surface area (Å²) in [7, 11) is 0. The van der Waals surface area contributed by atoms with Crippen LogP contribution in [0.4, 0.5) is 4.79 Å². The summed E-state index contributed by atoms with van der Waals surface area (Å²) in [6.07, 6.45) is 4.71. The van der Waals surface area contributed by atoms with E-state index in [0.29, 0.717) is 12.8 Å². The molecule has 1 amide bonds. The maximum Gasteiger partial charge on any atom is 0.408 e. The largest absolute Gasteiger partial charge is 0.548 e. The quantitative estimate of drug-likeness (QED) is 0.924. The van der Waals surface area contributed by atoms with Gasteiger partial charge in [0.2, 0.25) is 0 Å². The van der Waals surface area contributed by atoms with E-state index in [9.17, 15) is 14.7 Å². The average molecular weight is 304 g/mol. The second-order valence-corrected chi connectivity index (χ2v) is 5.82. The Bertz CT molecular complexity index is 493. The van der Waals surface area contributed by atoms with E-state index in [1.165, 1.54) is 0 Å². The highest BCUT2D eigenvalue weighted by Crippen LogP contribution is 2.26. The van der Waals surface area contributed by atoms with Gasteiger partial charge in [0.1, 0.15) is 6.61 Å². The molecule has 0 saturated heterocycles. The minimum Gasteiger partial charge on any atom is -0.548 e. The van der Waals surface area contributed by atoms with Crippen LogP contribution in [-0.4, -0.2) is 17.6 Å². The van der Waals surface area contributed by atoms with Crippen molar-refractivity contribution >= 4 is 12.1 Å². The number of aliphatic carboxylic acids is 1.